The first-order valence-corrected chi connectivity index (χ1v) is 6.78. The first kappa shape index (κ1) is 12.3. The van der Waals surface area contributed by atoms with Gasteiger partial charge >= 0.3 is 0 Å². The summed E-state index contributed by atoms with van der Waals surface area (Å²) in [4.78, 5) is 0. The molecule has 3 heteroatoms. The van der Waals surface area contributed by atoms with Gasteiger partial charge in [0.25, 0.3) is 0 Å². The molecule has 2 aliphatic carbocycles. The van der Waals surface area contributed by atoms with Crippen LogP contribution in [0.2, 0.25) is 0 Å². The predicted molar refractivity (Wildman–Crippen MR) is 64.4 cm³/mol. The van der Waals surface area contributed by atoms with Crippen LogP contribution < -0.4 is 5.32 Å². The summed E-state index contributed by atoms with van der Waals surface area (Å²) in [6.45, 7) is 3.44. The van der Waals surface area contributed by atoms with Gasteiger partial charge in [0.15, 0.2) is 0 Å². The molecule has 2 saturated carbocycles. The summed E-state index contributed by atoms with van der Waals surface area (Å²) in [5.74, 6) is 0.664. The lowest BCUT2D eigenvalue weighted by molar-refractivity contribution is -0.0452. The van der Waals surface area contributed by atoms with Gasteiger partial charge < -0.3 is 15.2 Å². The first-order valence-electron chi connectivity index (χ1n) is 6.78. The van der Waals surface area contributed by atoms with E-state index in [2.05, 4.69) is 12.2 Å². The van der Waals surface area contributed by atoms with Gasteiger partial charge in [-0.1, -0.05) is 19.8 Å². The minimum absolute atomic E-state index is 0.338. The molecule has 2 rings (SSSR count). The van der Waals surface area contributed by atoms with Crippen LogP contribution in [0.15, 0.2) is 0 Å². The van der Waals surface area contributed by atoms with Gasteiger partial charge in [0, 0.05) is 12.6 Å². The van der Waals surface area contributed by atoms with E-state index < -0.39 is 0 Å². The summed E-state index contributed by atoms with van der Waals surface area (Å²) < 4.78 is 5.82. The van der Waals surface area contributed by atoms with E-state index in [1.807, 2.05) is 0 Å². The van der Waals surface area contributed by atoms with Crippen molar-refractivity contribution in [3.8, 4) is 0 Å². The van der Waals surface area contributed by atoms with E-state index in [0.29, 0.717) is 31.2 Å². The minimum Gasteiger partial charge on any atom is -0.389 e. The molecule has 16 heavy (non-hydrogen) atoms. The SMILES string of the molecule is CC1CCCCC1OCC(O)CNC1CC1. The quantitative estimate of drug-likeness (QED) is 0.725. The Bertz CT molecular complexity index is 206. The molecule has 0 radical (unpaired) electrons. The second-order valence-electron chi connectivity index (χ2n) is 5.47. The summed E-state index contributed by atoms with van der Waals surface area (Å²) in [5.41, 5.74) is 0. The number of hydrogen-bond donors (Lipinski definition) is 2. The number of nitrogens with one attached hydrogen (secondary N) is 1. The zero-order chi connectivity index (χ0) is 11.4. The molecule has 0 bridgehead atoms. The van der Waals surface area contributed by atoms with Gasteiger partial charge in [0.1, 0.15) is 0 Å². The molecule has 0 aromatic rings. The molecule has 0 amide bonds. The van der Waals surface area contributed by atoms with E-state index in [1.165, 1.54) is 38.5 Å². The molecule has 2 fully saturated rings. The number of ether oxygens (including phenoxy) is 1. The van der Waals surface area contributed by atoms with Gasteiger partial charge in [-0.15, -0.1) is 0 Å². The largest absolute Gasteiger partial charge is 0.389 e. The van der Waals surface area contributed by atoms with E-state index >= 15 is 0 Å². The van der Waals surface area contributed by atoms with Crippen molar-refractivity contribution in [3.63, 3.8) is 0 Å². The zero-order valence-corrected chi connectivity index (χ0v) is 10.3. The van der Waals surface area contributed by atoms with Crippen molar-refractivity contribution in [3.05, 3.63) is 0 Å². The summed E-state index contributed by atoms with van der Waals surface area (Å²) >= 11 is 0. The second kappa shape index (κ2) is 5.99. The smallest absolute Gasteiger partial charge is 0.0897 e. The van der Waals surface area contributed by atoms with Gasteiger partial charge in [-0.25, -0.2) is 0 Å². The Kier molecular flexibility index (Phi) is 4.62. The summed E-state index contributed by atoms with van der Waals surface area (Å²) in [6, 6.07) is 0.670. The Morgan fingerprint density at radius 2 is 2.00 bits per heavy atom. The summed E-state index contributed by atoms with van der Waals surface area (Å²) in [6.07, 6.45) is 7.66. The Balaban J connectivity index is 1.57. The third kappa shape index (κ3) is 4.04. The van der Waals surface area contributed by atoms with Crippen molar-refractivity contribution in [2.75, 3.05) is 13.2 Å². The lowest BCUT2D eigenvalue weighted by Gasteiger charge is -2.29. The van der Waals surface area contributed by atoms with E-state index in [4.69, 9.17) is 4.74 Å². The molecular formula is C13H25NO2. The average molecular weight is 227 g/mol. The first-order chi connectivity index (χ1) is 7.75. The summed E-state index contributed by atoms with van der Waals surface area (Å²) in [7, 11) is 0. The van der Waals surface area contributed by atoms with E-state index in [1.54, 1.807) is 0 Å². The van der Waals surface area contributed by atoms with Crippen molar-refractivity contribution in [1.82, 2.24) is 5.32 Å². The number of rotatable bonds is 6. The van der Waals surface area contributed by atoms with Gasteiger partial charge in [-0.05, 0) is 31.6 Å². The van der Waals surface area contributed by atoms with E-state index in [9.17, 15) is 5.11 Å². The maximum absolute atomic E-state index is 9.76. The molecule has 0 saturated heterocycles. The van der Waals surface area contributed by atoms with Crippen LogP contribution in [0.5, 0.6) is 0 Å². The fourth-order valence-electron chi connectivity index (χ4n) is 2.41. The van der Waals surface area contributed by atoms with Gasteiger partial charge in [-0.3, -0.25) is 0 Å². The molecule has 3 nitrogen and oxygen atoms in total. The molecule has 94 valence electrons. The zero-order valence-electron chi connectivity index (χ0n) is 10.3. The number of hydrogen-bond acceptors (Lipinski definition) is 3. The molecule has 0 heterocycles. The van der Waals surface area contributed by atoms with Crippen LogP contribution in [-0.4, -0.2) is 36.5 Å². The predicted octanol–water partition coefficient (Wildman–Crippen LogP) is 1.69. The van der Waals surface area contributed by atoms with Crippen LogP contribution >= 0.6 is 0 Å². The molecule has 0 aliphatic heterocycles. The molecule has 3 atom stereocenters. The van der Waals surface area contributed by atoms with Gasteiger partial charge in [-0.2, -0.15) is 0 Å². The minimum atomic E-state index is -0.338. The van der Waals surface area contributed by atoms with Gasteiger partial charge in [0.2, 0.25) is 0 Å². The Labute approximate surface area is 98.6 Å². The normalized spacial score (nSPS) is 32.6. The van der Waals surface area contributed by atoms with E-state index in [-0.39, 0.29) is 6.10 Å². The van der Waals surface area contributed by atoms with Crippen LogP contribution in [0.25, 0.3) is 0 Å². The maximum atomic E-state index is 9.76. The number of aliphatic hydroxyl groups is 1. The third-order valence-electron chi connectivity index (χ3n) is 3.75. The van der Waals surface area contributed by atoms with E-state index in [0.717, 1.165) is 0 Å². The van der Waals surface area contributed by atoms with Crippen molar-refractivity contribution in [2.45, 2.75) is 63.7 Å². The van der Waals surface area contributed by atoms with Crippen molar-refractivity contribution in [2.24, 2.45) is 5.92 Å². The summed E-state index contributed by atoms with van der Waals surface area (Å²) in [5, 5.41) is 13.1. The molecule has 0 aromatic heterocycles. The van der Waals surface area contributed by atoms with Crippen LogP contribution in [-0.2, 0) is 4.74 Å². The molecular weight excluding hydrogens is 202 g/mol. The van der Waals surface area contributed by atoms with Crippen molar-refractivity contribution >= 4 is 0 Å². The standard InChI is InChI=1S/C13H25NO2/c1-10-4-2-3-5-13(10)16-9-12(15)8-14-11-6-7-11/h10-15H,2-9H2,1H3. The molecule has 2 aliphatic rings. The molecule has 3 unspecified atom stereocenters. The molecule has 2 N–H and O–H groups in total. The van der Waals surface area contributed by atoms with Crippen molar-refractivity contribution in [1.29, 1.82) is 0 Å². The molecule has 0 aromatic carbocycles. The topological polar surface area (TPSA) is 41.5 Å². The maximum Gasteiger partial charge on any atom is 0.0897 e. The Hall–Kier alpha value is -0.120. The monoisotopic (exact) mass is 227 g/mol. The highest BCUT2D eigenvalue weighted by Crippen LogP contribution is 2.26. The van der Waals surface area contributed by atoms with Crippen LogP contribution in [0.4, 0.5) is 0 Å². The highest BCUT2D eigenvalue weighted by molar-refractivity contribution is 4.82. The van der Waals surface area contributed by atoms with Crippen LogP contribution in [0.3, 0.4) is 0 Å². The Morgan fingerprint density at radius 3 is 2.69 bits per heavy atom. The van der Waals surface area contributed by atoms with Crippen LogP contribution in [0.1, 0.15) is 45.4 Å². The fourth-order valence-corrected chi connectivity index (χ4v) is 2.41. The van der Waals surface area contributed by atoms with Gasteiger partial charge in [0.05, 0.1) is 18.8 Å². The third-order valence-corrected chi connectivity index (χ3v) is 3.75. The number of aliphatic hydroxyl groups excluding tert-OH is 1. The van der Waals surface area contributed by atoms with Crippen LogP contribution in [0, 0.1) is 5.92 Å². The molecule has 0 spiro atoms. The highest BCUT2D eigenvalue weighted by atomic mass is 16.5. The second-order valence-corrected chi connectivity index (χ2v) is 5.47. The van der Waals surface area contributed by atoms with Crippen molar-refractivity contribution < 1.29 is 9.84 Å². The lowest BCUT2D eigenvalue weighted by Crippen LogP contribution is -2.35. The lowest BCUT2D eigenvalue weighted by atomic mass is 9.88. The highest BCUT2D eigenvalue weighted by Gasteiger charge is 2.24. The fraction of sp³-hybridized carbons (Fsp3) is 1.00. The average Bonchev–Trinajstić information content (AvgIpc) is 3.09. The Morgan fingerprint density at radius 1 is 1.25 bits per heavy atom.